The van der Waals surface area contributed by atoms with Crippen LogP contribution in [0.2, 0.25) is 0 Å². The van der Waals surface area contributed by atoms with Gasteiger partial charge in [0.05, 0.1) is 11.1 Å². The first-order valence-corrected chi connectivity index (χ1v) is 9.32. The van der Waals surface area contributed by atoms with Gasteiger partial charge in [0.15, 0.2) is 5.16 Å². The highest BCUT2D eigenvalue weighted by Gasteiger charge is 2.21. The molecule has 0 bridgehead atoms. The van der Waals surface area contributed by atoms with Crippen LogP contribution in [0.4, 0.5) is 0 Å². The summed E-state index contributed by atoms with van der Waals surface area (Å²) in [6, 6.07) is 0. The first kappa shape index (κ1) is 15.6. The third-order valence-corrected chi connectivity index (χ3v) is 6.08. The van der Waals surface area contributed by atoms with Crippen LogP contribution in [0.15, 0.2) is 9.95 Å². The van der Waals surface area contributed by atoms with Crippen LogP contribution in [0.1, 0.15) is 30.2 Å². The number of nitrogens with zero attached hydrogens (tertiary/aromatic N) is 2. The zero-order valence-corrected chi connectivity index (χ0v) is 14.4. The molecule has 118 valence electrons. The van der Waals surface area contributed by atoms with E-state index in [1.165, 1.54) is 28.6 Å². The molecule has 0 saturated heterocycles. The standard InChI is InChI=1S/C15H19N3O2S2/c1-3-16-11(19)8-21-15-17-13-12(14(20)18(15)2)9-6-4-5-7-10(9)22-13/h3-8H2,1-2H3,(H,16,19). The van der Waals surface area contributed by atoms with Crippen LogP contribution in [0, 0.1) is 0 Å². The Bertz CT molecular complexity index is 779. The molecule has 0 fully saturated rings. The number of carbonyl (C=O) groups is 1. The Balaban J connectivity index is 1.97. The van der Waals surface area contributed by atoms with Crippen molar-refractivity contribution in [2.24, 2.45) is 7.05 Å². The minimum Gasteiger partial charge on any atom is -0.356 e. The Labute approximate surface area is 137 Å². The fourth-order valence-corrected chi connectivity index (χ4v) is 4.88. The van der Waals surface area contributed by atoms with E-state index in [9.17, 15) is 9.59 Å². The summed E-state index contributed by atoms with van der Waals surface area (Å²) >= 11 is 2.96. The maximum atomic E-state index is 12.7. The van der Waals surface area contributed by atoms with Gasteiger partial charge < -0.3 is 5.32 Å². The van der Waals surface area contributed by atoms with Crippen molar-refractivity contribution < 1.29 is 4.79 Å². The van der Waals surface area contributed by atoms with Gasteiger partial charge in [0.25, 0.3) is 5.56 Å². The van der Waals surface area contributed by atoms with Gasteiger partial charge in [-0.1, -0.05) is 11.8 Å². The maximum absolute atomic E-state index is 12.7. The number of carbonyl (C=O) groups excluding carboxylic acids is 1. The summed E-state index contributed by atoms with van der Waals surface area (Å²) in [4.78, 5) is 31.0. The van der Waals surface area contributed by atoms with Crippen molar-refractivity contribution in [1.82, 2.24) is 14.9 Å². The molecule has 5 nitrogen and oxygen atoms in total. The topological polar surface area (TPSA) is 64.0 Å². The lowest BCUT2D eigenvalue weighted by atomic mass is 9.97. The Morgan fingerprint density at radius 1 is 1.41 bits per heavy atom. The monoisotopic (exact) mass is 337 g/mol. The summed E-state index contributed by atoms with van der Waals surface area (Å²) in [7, 11) is 1.74. The predicted octanol–water partition coefficient (Wildman–Crippen LogP) is 2.10. The lowest BCUT2D eigenvalue weighted by Gasteiger charge is -2.10. The molecule has 1 aliphatic carbocycles. The first-order valence-electron chi connectivity index (χ1n) is 7.52. The van der Waals surface area contributed by atoms with Gasteiger partial charge in [-0.2, -0.15) is 0 Å². The Morgan fingerprint density at radius 2 is 2.18 bits per heavy atom. The first-order chi connectivity index (χ1) is 10.6. The van der Waals surface area contributed by atoms with Crippen molar-refractivity contribution in [3.63, 3.8) is 0 Å². The SMILES string of the molecule is CCNC(=O)CSc1nc2sc3c(c2c(=O)n1C)CCCC3. The molecular formula is C15H19N3O2S2. The Hall–Kier alpha value is -1.34. The summed E-state index contributed by atoms with van der Waals surface area (Å²) in [5.41, 5.74) is 1.22. The highest BCUT2D eigenvalue weighted by atomic mass is 32.2. The molecule has 1 amide bonds. The number of rotatable bonds is 4. The van der Waals surface area contributed by atoms with E-state index in [0.717, 1.165) is 29.5 Å². The smallest absolute Gasteiger partial charge is 0.262 e. The number of aromatic nitrogens is 2. The van der Waals surface area contributed by atoms with E-state index >= 15 is 0 Å². The number of nitrogens with one attached hydrogen (secondary N) is 1. The van der Waals surface area contributed by atoms with Crippen molar-refractivity contribution in [2.45, 2.75) is 37.8 Å². The normalized spacial score (nSPS) is 14.1. The van der Waals surface area contributed by atoms with Crippen LogP contribution in [-0.4, -0.2) is 27.8 Å². The number of thioether (sulfide) groups is 1. The summed E-state index contributed by atoms with van der Waals surface area (Å²) in [5, 5.41) is 4.16. The van der Waals surface area contributed by atoms with Crippen LogP contribution < -0.4 is 10.9 Å². The molecule has 0 unspecified atom stereocenters. The van der Waals surface area contributed by atoms with Crippen LogP contribution in [0.5, 0.6) is 0 Å². The van der Waals surface area contributed by atoms with E-state index in [4.69, 9.17) is 0 Å². The van der Waals surface area contributed by atoms with E-state index in [1.54, 1.807) is 23.0 Å². The largest absolute Gasteiger partial charge is 0.356 e. The summed E-state index contributed by atoms with van der Waals surface area (Å²) in [5.74, 6) is 0.248. The number of hydrogen-bond acceptors (Lipinski definition) is 5. The predicted molar refractivity (Wildman–Crippen MR) is 90.9 cm³/mol. The van der Waals surface area contributed by atoms with E-state index in [-0.39, 0.29) is 17.2 Å². The van der Waals surface area contributed by atoms with Crippen LogP contribution in [0.3, 0.4) is 0 Å². The van der Waals surface area contributed by atoms with Crippen molar-refractivity contribution in [3.05, 3.63) is 20.8 Å². The minimum atomic E-state index is -0.0349. The minimum absolute atomic E-state index is 0.0165. The molecule has 2 heterocycles. The van der Waals surface area contributed by atoms with Crippen LogP contribution in [0.25, 0.3) is 10.2 Å². The molecule has 0 radical (unpaired) electrons. The van der Waals surface area contributed by atoms with Gasteiger partial charge in [-0.3, -0.25) is 14.2 Å². The average Bonchev–Trinajstić information content (AvgIpc) is 2.88. The third kappa shape index (κ3) is 2.79. The molecule has 1 aliphatic rings. The molecule has 7 heteroatoms. The second kappa shape index (κ2) is 6.42. The van der Waals surface area contributed by atoms with Crippen molar-refractivity contribution >= 4 is 39.2 Å². The van der Waals surface area contributed by atoms with Gasteiger partial charge in [0, 0.05) is 18.5 Å². The lowest BCUT2D eigenvalue weighted by molar-refractivity contribution is -0.118. The molecular weight excluding hydrogens is 318 g/mol. The second-order valence-electron chi connectivity index (χ2n) is 5.39. The number of amides is 1. The molecule has 2 aromatic rings. The van der Waals surface area contributed by atoms with Crippen molar-refractivity contribution in [2.75, 3.05) is 12.3 Å². The van der Waals surface area contributed by atoms with E-state index < -0.39 is 0 Å². The molecule has 0 aliphatic heterocycles. The molecule has 2 aromatic heterocycles. The zero-order valence-electron chi connectivity index (χ0n) is 12.8. The summed E-state index contributed by atoms with van der Waals surface area (Å²) < 4.78 is 1.58. The van der Waals surface area contributed by atoms with Crippen molar-refractivity contribution in [1.29, 1.82) is 0 Å². The number of thiophene rings is 1. The number of hydrogen-bond donors (Lipinski definition) is 1. The third-order valence-electron chi connectivity index (χ3n) is 3.86. The molecule has 0 saturated carbocycles. The molecule has 22 heavy (non-hydrogen) atoms. The summed E-state index contributed by atoms with van der Waals surface area (Å²) in [6.07, 6.45) is 4.38. The fourth-order valence-electron chi connectivity index (χ4n) is 2.77. The van der Waals surface area contributed by atoms with Gasteiger partial charge in [-0.25, -0.2) is 4.98 Å². The van der Waals surface area contributed by atoms with Gasteiger partial charge in [-0.05, 0) is 38.2 Å². The Morgan fingerprint density at radius 3 is 2.95 bits per heavy atom. The number of fused-ring (bicyclic) bond motifs is 3. The lowest BCUT2D eigenvalue weighted by Crippen LogP contribution is -2.25. The van der Waals surface area contributed by atoms with E-state index in [2.05, 4.69) is 10.3 Å². The fraction of sp³-hybridized carbons (Fsp3) is 0.533. The highest BCUT2D eigenvalue weighted by Crippen LogP contribution is 2.34. The highest BCUT2D eigenvalue weighted by molar-refractivity contribution is 7.99. The van der Waals surface area contributed by atoms with Crippen LogP contribution >= 0.6 is 23.1 Å². The zero-order chi connectivity index (χ0) is 15.7. The van der Waals surface area contributed by atoms with E-state index in [1.807, 2.05) is 6.92 Å². The average molecular weight is 337 g/mol. The molecule has 0 atom stereocenters. The molecule has 1 N–H and O–H groups in total. The number of aryl methyl sites for hydroxylation is 2. The van der Waals surface area contributed by atoms with Gasteiger partial charge in [0.2, 0.25) is 5.91 Å². The van der Waals surface area contributed by atoms with E-state index in [0.29, 0.717) is 11.7 Å². The van der Waals surface area contributed by atoms with Gasteiger partial charge >= 0.3 is 0 Å². The second-order valence-corrected chi connectivity index (χ2v) is 7.42. The Kier molecular flexibility index (Phi) is 4.54. The molecule has 3 rings (SSSR count). The quantitative estimate of drug-likeness (QED) is 0.685. The molecule has 0 spiro atoms. The van der Waals surface area contributed by atoms with Crippen molar-refractivity contribution in [3.8, 4) is 0 Å². The maximum Gasteiger partial charge on any atom is 0.262 e. The van der Waals surface area contributed by atoms with Crippen LogP contribution in [-0.2, 0) is 24.7 Å². The summed E-state index contributed by atoms with van der Waals surface area (Å²) in [6.45, 7) is 2.50. The van der Waals surface area contributed by atoms with Gasteiger partial charge in [0.1, 0.15) is 4.83 Å². The molecule has 0 aromatic carbocycles. The van der Waals surface area contributed by atoms with Gasteiger partial charge in [-0.15, -0.1) is 11.3 Å².